The van der Waals surface area contributed by atoms with Gasteiger partial charge in [-0.3, -0.25) is 4.98 Å². The molecule has 0 spiro atoms. The van der Waals surface area contributed by atoms with Crippen molar-refractivity contribution >= 4 is 10.9 Å². The van der Waals surface area contributed by atoms with Gasteiger partial charge in [-0.25, -0.2) is 0 Å². The molecule has 6 heteroatoms. The number of pyridine rings is 1. The highest BCUT2D eigenvalue weighted by atomic mass is 16.4. The number of aromatic nitrogens is 4. The van der Waals surface area contributed by atoms with E-state index < -0.39 is 0 Å². The van der Waals surface area contributed by atoms with Gasteiger partial charge in [0.25, 0.3) is 0 Å². The lowest BCUT2D eigenvalue weighted by Gasteiger charge is -2.09. The van der Waals surface area contributed by atoms with Crippen LogP contribution < -0.4 is 5.32 Å². The number of nitrogens with one attached hydrogen (secondary N) is 2. The predicted octanol–water partition coefficient (Wildman–Crippen LogP) is 5.14. The van der Waals surface area contributed by atoms with Gasteiger partial charge in [0.1, 0.15) is 0 Å². The summed E-state index contributed by atoms with van der Waals surface area (Å²) in [5.41, 5.74) is 6.68. The van der Waals surface area contributed by atoms with Gasteiger partial charge in [-0.1, -0.05) is 13.8 Å². The summed E-state index contributed by atoms with van der Waals surface area (Å²) in [5.74, 6) is 1.62. The van der Waals surface area contributed by atoms with Crippen LogP contribution >= 0.6 is 0 Å². The van der Waals surface area contributed by atoms with E-state index in [9.17, 15) is 0 Å². The van der Waals surface area contributed by atoms with Crippen LogP contribution in [-0.2, 0) is 0 Å². The van der Waals surface area contributed by atoms with E-state index in [-0.39, 0.29) is 6.04 Å². The molecule has 0 saturated carbocycles. The fraction of sp³-hybridized carbons (Fsp3) is 0.348. The van der Waals surface area contributed by atoms with E-state index in [2.05, 4.69) is 63.6 Å². The summed E-state index contributed by atoms with van der Waals surface area (Å²) in [5, 5.41) is 13.2. The Kier molecular flexibility index (Phi) is 4.43. The molecule has 1 unspecified atom stereocenters. The van der Waals surface area contributed by atoms with Crippen molar-refractivity contribution in [1.29, 1.82) is 0 Å². The second kappa shape index (κ2) is 7.12. The van der Waals surface area contributed by atoms with Gasteiger partial charge in [-0.15, -0.1) is 10.2 Å². The molecule has 0 amide bonds. The van der Waals surface area contributed by atoms with Crippen LogP contribution in [0.2, 0.25) is 0 Å². The molecule has 0 aliphatic carbocycles. The first-order valence-corrected chi connectivity index (χ1v) is 10.3. The molecular weight excluding hydrogens is 362 g/mol. The molecule has 148 valence electrons. The monoisotopic (exact) mass is 387 g/mol. The van der Waals surface area contributed by atoms with Crippen molar-refractivity contribution in [2.24, 2.45) is 0 Å². The van der Waals surface area contributed by atoms with E-state index in [0.717, 1.165) is 47.4 Å². The molecule has 1 aliphatic heterocycles. The molecule has 5 rings (SSSR count). The van der Waals surface area contributed by atoms with Crippen LogP contribution in [-0.4, -0.2) is 26.7 Å². The standard InChI is InChI=1S/C23H25N5O/c1-13(2)20-17-12-16(22-27-28-23(29-22)19-5-4-9-25-19)6-7-18(17)26-21(20)15-8-10-24-14(3)11-15/h6-8,10-13,19,25-26H,4-5,9H2,1-3H3. The van der Waals surface area contributed by atoms with Crippen LogP contribution in [0.25, 0.3) is 33.6 Å². The van der Waals surface area contributed by atoms with Crippen molar-refractivity contribution in [3.8, 4) is 22.7 Å². The third kappa shape index (κ3) is 3.23. The lowest BCUT2D eigenvalue weighted by molar-refractivity contribution is 0.437. The fourth-order valence-corrected chi connectivity index (χ4v) is 4.26. The Balaban J connectivity index is 1.60. The summed E-state index contributed by atoms with van der Waals surface area (Å²) in [6.45, 7) is 7.48. The predicted molar refractivity (Wildman–Crippen MR) is 114 cm³/mol. The average Bonchev–Trinajstić information content (AvgIpc) is 3.45. The maximum Gasteiger partial charge on any atom is 0.247 e. The highest BCUT2D eigenvalue weighted by Gasteiger charge is 2.23. The molecule has 2 N–H and O–H groups in total. The third-order valence-electron chi connectivity index (χ3n) is 5.65. The largest absolute Gasteiger partial charge is 0.419 e. The van der Waals surface area contributed by atoms with E-state index in [0.29, 0.717) is 17.7 Å². The van der Waals surface area contributed by atoms with Gasteiger partial charge in [-0.05, 0) is 68.1 Å². The Morgan fingerprint density at radius 1 is 1.10 bits per heavy atom. The van der Waals surface area contributed by atoms with Crippen LogP contribution in [0.3, 0.4) is 0 Å². The van der Waals surface area contributed by atoms with Crippen molar-refractivity contribution in [3.63, 3.8) is 0 Å². The summed E-state index contributed by atoms with van der Waals surface area (Å²) < 4.78 is 6.01. The molecule has 1 atom stereocenters. The minimum absolute atomic E-state index is 0.181. The third-order valence-corrected chi connectivity index (χ3v) is 5.65. The number of fused-ring (bicyclic) bond motifs is 1. The molecule has 1 fully saturated rings. The average molecular weight is 387 g/mol. The normalized spacial score (nSPS) is 16.9. The molecular formula is C23H25N5O. The Hall–Kier alpha value is -2.99. The smallest absolute Gasteiger partial charge is 0.247 e. The van der Waals surface area contributed by atoms with Crippen LogP contribution in [0, 0.1) is 6.92 Å². The molecule has 4 heterocycles. The number of hydrogen-bond acceptors (Lipinski definition) is 5. The summed E-state index contributed by atoms with van der Waals surface area (Å²) in [7, 11) is 0. The molecule has 6 nitrogen and oxygen atoms in total. The number of benzene rings is 1. The van der Waals surface area contributed by atoms with Gasteiger partial charge < -0.3 is 14.7 Å². The second-order valence-electron chi connectivity index (χ2n) is 8.11. The fourth-order valence-electron chi connectivity index (χ4n) is 4.26. The van der Waals surface area contributed by atoms with E-state index in [1.807, 2.05) is 19.2 Å². The van der Waals surface area contributed by atoms with Gasteiger partial charge in [0.2, 0.25) is 11.8 Å². The number of aryl methyl sites for hydroxylation is 1. The van der Waals surface area contributed by atoms with Gasteiger partial charge in [0, 0.05) is 33.9 Å². The first kappa shape index (κ1) is 18.1. The van der Waals surface area contributed by atoms with Crippen molar-refractivity contribution in [3.05, 3.63) is 53.7 Å². The molecule has 1 aliphatic rings. The second-order valence-corrected chi connectivity index (χ2v) is 8.11. The van der Waals surface area contributed by atoms with E-state index in [1.54, 1.807) is 0 Å². The minimum atomic E-state index is 0.181. The zero-order valence-electron chi connectivity index (χ0n) is 17.0. The molecule has 1 aromatic carbocycles. The SMILES string of the molecule is Cc1cc(-c2[nH]c3ccc(-c4nnc(C5CCCN5)o4)cc3c2C(C)C)ccn1. The number of rotatable bonds is 4. The molecule has 3 aromatic heterocycles. The molecule has 1 saturated heterocycles. The quantitative estimate of drug-likeness (QED) is 0.507. The molecule has 4 aromatic rings. The summed E-state index contributed by atoms with van der Waals surface area (Å²) in [6.07, 6.45) is 4.06. The van der Waals surface area contributed by atoms with Crippen LogP contribution in [0.5, 0.6) is 0 Å². The number of nitrogens with zero attached hydrogens (tertiary/aromatic N) is 3. The molecule has 0 radical (unpaired) electrons. The van der Waals surface area contributed by atoms with Crippen LogP contribution in [0.15, 0.2) is 40.9 Å². The highest BCUT2D eigenvalue weighted by Crippen LogP contribution is 2.37. The maximum absolute atomic E-state index is 6.01. The zero-order chi connectivity index (χ0) is 20.0. The lowest BCUT2D eigenvalue weighted by Crippen LogP contribution is -2.12. The van der Waals surface area contributed by atoms with Crippen molar-refractivity contribution in [2.45, 2.75) is 45.6 Å². The van der Waals surface area contributed by atoms with Gasteiger partial charge in [-0.2, -0.15) is 0 Å². The summed E-state index contributed by atoms with van der Waals surface area (Å²) in [4.78, 5) is 7.95. The van der Waals surface area contributed by atoms with Crippen LogP contribution in [0.4, 0.5) is 0 Å². The Labute approximate surface area is 169 Å². The topological polar surface area (TPSA) is 79.6 Å². The summed E-state index contributed by atoms with van der Waals surface area (Å²) in [6, 6.07) is 10.7. The van der Waals surface area contributed by atoms with Crippen molar-refractivity contribution in [2.75, 3.05) is 6.54 Å². The Bertz CT molecular complexity index is 1170. The Morgan fingerprint density at radius 2 is 2.00 bits per heavy atom. The zero-order valence-corrected chi connectivity index (χ0v) is 17.0. The highest BCUT2D eigenvalue weighted by molar-refractivity contribution is 5.93. The molecule has 29 heavy (non-hydrogen) atoms. The number of H-pyrrole nitrogens is 1. The van der Waals surface area contributed by atoms with Gasteiger partial charge in [0.05, 0.1) is 11.7 Å². The van der Waals surface area contributed by atoms with E-state index >= 15 is 0 Å². The van der Waals surface area contributed by atoms with E-state index in [1.165, 1.54) is 10.9 Å². The van der Waals surface area contributed by atoms with Crippen molar-refractivity contribution in [1.82, 2.24) is 25.5 Å². The number of aromatic amines is 1. The van der Waals surface area contributed by atoms with Crippen molar-refractivity contribution < 1.29 is 4.42 Å². The minimum Gasteiger partial charge on any atom is -0.419 e. The first-order valence-electron chi connectivity index (χ1n) is 10.3. The molecule has 0 bridgehead atoms. The van der Waals surface area contributed by atoms with Gasteiger partial charge in [0.15, 0.2) is 0 Å². The number of hydrogen-bond donors (Lipinski definition) is 2. The Morgan fingerprint density at radius 3 is 2.76 bits per heavy atom. The van der Waals surface area contributed by atoms with Gasteiger partial charge >= 0.3 is 0 Å². The van der Waals surface area contributed by atoms with E-state index in [4.69, 9.17) is 4.42 Å². The lowest BCUT2D eigenvalue weighted by atomic mass is 9.95. The first-order chi connectivity index (χ1) is 14.1. The maximum atomic E-state index is 6.01. The van der Waals surface area contributed by atoms with Crippen LogP contribution in [0.1, 0.15) is 55.8 Å². The summed E-state index contributed by atoms with van der Waals surface area (Å²) >= 11 is 0.